The minimum Gasteiger partial charge on any atom is -0.481 e. The average molecular weight is 215 g/mol. The highest BCUT2D eigenvalue weighted by Crippen LogP contribution is 2.24. The van der Waals surface area contributed by atoms with Gasteiger partial charge in [-0.3, -0.25) is 0 Å². The van der Waals surface area contributed by atoms with Crippen LogP contribution in [0.4, 0.5) is 0 Å². The molecule has 16 heavy (non-hydrogen) atoms. The van der Waals surface area contributed by atoms with Crippen molar-refractivity contribution in [3.05, 3.63) is 35.9 Å². The number of pyridine rings is 1. The second-order valence-electron chi connectivity index (χ2n) is 4.12. The van der Waals surface area contributed by atoms with Gasteiger partial charge in [0.1, 0.15) is 0 Å². The molecule has 1 aromatic carbocycles. The fraction of sp³-hybridized carbons (Fsp3) is 0.357. The molecule has 0 N–H and O–H groups in total. The van der Waals surface area contributed by atoms with Gasteiger partial charge < -0.3 is 4.74 Å². The van der Waals surface area contributed by atoms with E-state index in [1.807, 2.05) is 6.07 Å². The van der Waals surface area contributed by atoms with Crippen molar-refractivity contribution in [1.82, 2.24) is 4.98 Å². The summed E-state index contributed by atoms with van der Waals surface area (Å²) < 4.78 is 5.11. The second kappa shape index (κ2) is 4.52. The Kier molecular flexibility index (Phi) is 3.09. The molecule has 0 saturated carbocycles. The molecule has 1 unspecified atom stereocenters. The van der Waals surface area contributed by atoms with Crippen LogP contribution in [0.25, 0.3) is 10.9 Å². The third-order valence-electron chi connectivity index (χ3n) is 3.08. The van der Waals surface area contributed by atoms with E-state index in [0.29, 0.717) is 11.8 Å². The van der Waals surface area contributed by atoms with Gasteiger partial charge in [0.15, 0.2) is 0 Å². The number of benzene rings is 1. The highest BCUT2D eigenvalue weighted by Gasteiger charge is 2.04. The molecular formula is C14H17NO. The Labute approximate surface area is 96.3 Å². The van der Waals surface area contributed by atoms with E-state index in [1.165, 1.54) is 10.9 Å². The molecule has 84 valence electrons. The molecule has 0 radical (unpaired) electrons. The minimum absolute atomic E-state index is 0.603. The van der Waals surface area contributed by atoms with Gasteiger partial charge >= 0.3 is 0 Å². The van der Waals surface area contributed by atoms with Gasteiger partial charge in [0.25, 0.3) is 0 Å². The largest absolute Gasteiger partial charge is 0.481 e. The number of hydrogen-bond donors (Lipinski definition) is 0. The van der Waals surface area contributed by atoms with Crippen molar-refractivity contribution >= 4 is 10.9 Å². The summed E-state index contributed by atoms with van der Waals surface area (Å²) in [4.78, 5) is 4.40. The van der Waals surface area contributed by atoms with Crippen LogP contribution in [0.1, 0.15) is 31.7 Å². The maximum Gasteiger partial charge on any atom is 0.213 e. The molecular weight excluding hydrogens is 198 g/mol. The number of nitrogens with zero attached hydrogens (tertiary/aromatic N) is 1. The molecule has 1 aromatic heterocycles. The summed E-state index contributed by atoms with van der Waals surface area (Å²) in [5, 5.41) is 1.18. The number of hydrogen-bond acceptors (Lipinski definition) is 2. The first-order chi connectivity index (χ1) is 7.74. The topological polar surface area (TPSA) is 22.1 Å². The molecule has 0 aliphatic carbocycles. The van der Waals surface area contributed by atoms with E-state index in [4.69, 9.17) is 4.74 Å². The first kappa shape index (κ1) is 10.9. The van der Waals surface area contributed by atoms with Gasteiger partial charge in [-0.05, 0) is 36.1 Å². The smallest absolute Gasteiger partial charge is 0.213 e. The molecule has 0 aliphatic heterocycles. The number of fused-ring (bicyclic) bond motifs is 1. The van der Waals surface area contributed by atoms with Crippen molar-refractivity contribution in [2.45, 2.75) is 26.2 Å². The van der Waals surface area contributed by atoms with E-state index in [1.54, 1.807) is 7.11 Å². The van der Waals surface area contributed by atoms with E-state index >= 15 is 0 Å². The summed E-state index contributed by atoms with van der Waals surface area (Å²) in [6, 6.07) is 10.4. The summed E-state index contributed by atoms with van der Waals surface area (Å²) in [6.45, 7) is 4.46. The molecule has 0 amide bonds. The number of rotatable bonds is 3. The molecule has 0 spiro atoms. The Hall–Kier alpha value is -1.57. The standard InChI is InChI=1S/C14H17NO/c1-4-10(2)11-5-7-13-12(9-11)6-8-14(15-13)16-3/h5-10H,4H2,1-3H3. The fourth-order valence-electron chi connectivity index (χ4n) is 1.78. The normalized spacial score (nSPS) is 12.7. The zero-order valence-corrected chi connectivity index (χ0v) is 10.0. The van der Waals surface area contributed by atoms with Crippen molar-refractivity contribution in [2.24, 2.45) is 0 Å². The summed E-state index contributed by atoms with van der Waals surface area (Å²) in [5.41, 5.74) is 2.37. The molecule has 0 fully saturated rings. The lowest BCUT2D eigenvalue weighted by atomic mass is 9.97. The Morgan fingerprint density at radius 3 is 2.75 bits per heavy atom. The van der Waals surface area contributed by atoms with Gasteiger partial charge in [-0.25, -0.2) is 4.98 Å². The van der Waals surface area contributed by atoms with Crippen molar-refractivity contribution in [3.8, 4) is 5.88 Å². The van der Waals surface area contributed by atoms with E-state index in [2.05, 4.69) is 43.1 Å². The first-order valence-electron chi connectivity index (χ1n) is 5.69. The molecule has 2 rings (SSSR count). The number of aromatic nitrogens is 1. The lowest BCUT2D eigenvalue weighted by Gasteiger charge is -2.10. The van der Waals surface area contributed by atoms with Gasteiger partial charge in [0, 0.05) is 11.5 Å². The molecule has 1 heterocycles. The Morgan fingerprint density at radius 1 is 1.25 bits per heavy atom. The molecule has 2 nitrogen and oxygen atoms in total. The van der Waals surface area contributed by atoms with Crippen molar-refractivity contribution in [3.63, 3.8) is 0 Å². The van der Waals surface area contributed by atoms with Crippen LogP contribution >= 0.6 is 0 Å². The summed E-state index contributed by atoms with van der Waals surface area (Å²) >= 11 is 0. The third kappa shape index (κ3) is 2.01. The van der Waals surface area contributed by atoms with Gasteiger partial charge in [-0.15, -0.1) is 0 Å². The second-order valence-corrected chi connectivity index (χ2v) is 4.12. The Balaban J connectivity index is 2.47. The van der Waals surface area contributed by atoms with E-state index < -0.39 is 0 Å². The Morgan fingerprint density at radius 2 is 2.06 bits per heavy atom. The Bertz CT molecular complexity index is 493. The quantitative estimate of drug-likeness (QED) is 0.777. The lowest BCUT2D eigenvalue weighted by molar-refractivity contribution is 0.399. The lowest BCUT2D eigenvalue weighted by Crippen LogP contribution is -1.92. The van der Waals surface area contributed by atoms with Gasteiger partial charge in [-0.1, -0.05) is 19.9 Å². The maximum atomic E-state index is 5.11. The van der Waals surface area contributed by atoms with E-state index in [0.717, 1.165) is 11.9 Å². The first-order valence-corrected chi connectivity index (χ1v) is 5.69. The van der Waals surface area contributed by atoms with Crippen LogP contribution in [0.2, 0.25) is 0 Å². The maximum absolute atomic E-state index is 5.11. The predicted octanol–water partition coefficient (Wildman–Crippen LogP) is 3.76. The van der Waals surface area contributed by atoms with Gasteiger partial charge in [-0.2, -0.15) is 0 Å². The van der Waals surface area contributed by atoms with Crippen LogP contribution in [0, 0.1) is 0 Å². The predicted molar refractivity (Wildman–Crippen MR) is 67.0 cm³/mol. The summed E-state index contributed by atoms with van der Waals surface area (Å²) in [7, 11) is 1.64. The van der Waals surface area contributed by atoms with Crippen LogP contribution in [-0.2, 0) is 0 Å². The monoisotopic (exact) mass is 215 g/mol. The SMILES string of the molecule is CCC(C)c1ccc2nc(OC)ccc2c1. The zero-order valence-electron chi connectivity index (χ0n) is 10.0. The van der Waals surface area contributed by atoms with Crippen LogP contribution in [0.3, 0.4) is 0 Å². The number of methoxy groups -OCH3 is 1. The van der Waals surface area contributed by atoms with Gasteiger partial charge in [0.2, 0.25) is 5.88 Å². The minimum atomic E-state index is 0.603. The molecule has 0 saturated heterocycles. The van der Waals surface area contributed by atoms with Crippen molar-refractivity contribution in [2.75, 3.05) is 7.11 Å². The van der Waals surface area contributed by atoms with E-state index in [-0.39, 0.29) is 0 Å². The number of ether oxygens (including phenoxy) is 1. The van der Waals surface area contributed by atoms with E-state index in [9.17, 15) is 0 Å². The molecule has 2 aromatic rings. The molecule has 0 bridgehead atoms. The zero-order chi connectivity index (χ0) is 11.5. The molecule has 0 aliphatic rings. The average Bonchev–Trinajstić information content (AvgIpc) is 2.36. The van der Waals surface area contributed by atoms with Crippen molar-refractivity contribution in [1.29, 1.82) is 0 Å². The molecule has 2 heteroatoms. The van der Waals surface area contributed by atoms with Crippen molar-refractivity contribution < 1.29 is 4.74 Å². The van der Waals surface area contributed by atoms with Crippen LogP contribution in [-0.4, -0.2) is 12.1 Å². The van der Waals surface area contributed by atoms with Crippen LogP contribution in [0.5, 0.6) is 5.88 Å². The van der Waals surface area contributed by atoms with Crippen LogP contribution < -0.4 is 4.74 Å². The summed E-state index contributed by atoms with van der Waals surface area (Å²) in [6.07, 6.45) is 1.16. The highest BCUT2D eigenvalue weighted by molar-refractivity contribution is 5.79. The molecule has 1 atom stereocenters. The third-order valence-corrected chi connectivity index (χ3v) is 3.08. The van der Waals surface area contributed by atoms with Gasteiger partial charge in [0.05, 0.1) is 12.6 Å². The fourth-order valence-corrected chi connectivity index (χ4v) is 1.78. The highest BCUT2D eigenvalue weighted by atomic mass is 16.5. The van der Waals surface area contributed by atoms with Crippen LogP contribution in [0.15, 0.2) is 30.3 Å². The summed E-state index contributed by atoms with van der Waals surface area (Å²) in [5.74, 6) is 1.27.